The summed E-state index contributed by atoms with van der Waals surface area (Å²) in [5.41, 5.74) is 5.14. The molecule has 6 rings (SSSR count). The van der Waals surface area contributed by atoms with Crippen LogP contribution in [-0.4, -0.2) is 55.2 Å². The number of rotatable bonds is 3. The maximum Gasteiger partial charge on any atom is 0.256 e. The van der Waals surface area contributed by atoms with Gasteiger partial charge in [-0.15, -0.1) is 0 Å². The first-order valence-electron chi connectivity index (χ1n) is 12.3. The molecule has 1 amide bonds. The van der Waals surface area contributed by atoms with Crippen molar-refractivity contribution in [1.29, 1.82) is 5.26 Å². The van der Waals surface area contributed by atoms with E-state index in [1.807, 2.05) is 47.7 Å². The number of nitrogens with one attached hydrogen (secondary N) is 1. The van der Waals surface area contributed by atoms with Crippen LogP contribution in [0.2, 0.25) is 0 Å². The van der Waals surface area contributed by atoms with Crippen LogP contribution in [0.3, 0.4) is 0 Å². The summed E-state index contributed by atoms with van der Waals surface area (Å²) in [7, 11) is 0. The van der Waals surface area contributed by atoms with Gasteiger partial charge in [0.05, 0.1) is 41.0 Å². The van der Waals surface area contributed by atoms with E-state index in [1.54, 1.807) is 6.20 Å². The van der Waals surface area contributed by atoms with Crippen molar-refractivity contribution in [2.24, 2.45) is 5.92 Å². The summed E-state index contributed by atoms with van der Waals surface area (Å²) in [6, 6.07) is 8.27. The third-order valence-electron chi connectivity index (χ3n) is 7.32. The predicted molar refractivity (Wildman–Crippen MR) is 132 cm³/mol. The molecule has 4 aromatic rings. The molecule has 0 aliphatic carbocycles. The van der Waals surface area contributed by atoms with Crippen LogP contribution in [0.1, 0.15) is 58.9 Å². The van der Waals surface area contributed by atoms with E-state index in [-0.39, 0.29) is 17.9 Å². The van der Waals surface area contributed by atoms with E-state index in [2.05, 4.69) is 21.2 Å². The van der Waals surface area contributed by atoms with Gasteiger partial charge in [-0.2, -0.15) is 15.5 Å². The smallest absolute Gasteiger partial charge is 0.256 e. The summed E-state index contributed by atoms with van der Waals surface area (Å²) in [5.74, 6) is 0.978. The standard InChI is InChI=1S/C26H28N8O/c1-16-9-19-13-28-30-24(19)20(10-16)26(35)33-7-4-3-5-22(33)21-11-23-29-25(17(2)14-34(23)31-21)32-8-6-18(12-27)15-32/h9-11,13-14,18,22H,3-8,15H2,1-2H3,(H,28,30). The van der Waals surface area contributed by atoms with E-state index >= 15 is 0 Å². The Bertz CT molecular complexity index is 1480. The fraction of sp³-hybridized carbons (Fsp3) is 0.423. The Balaban J connectivity index is 1.35. The topological polar surface area (TPSA) is 106 Å². The number of hydrogen-bond donors (Lipinski definition) is 1. The molecule has 1 N–H and O–H groups in total. The van der Waals surface area contributed by atoms with E-state index in [9.17, 15) is 10.1 Å². The third kappa shape index (κ3) is 3.70. The molecular weight excluding hydrogens is 440 g/mol. The molecule has 0 radical (unpaired) electrons. The molecule has 9 nitrogen and oxygen atoms in total. The van der Waals surface area contributed by atoms with Crippen molar-refractivity contribution < 1.29 is 4.79 Å². The Labute approximate surface area is 203 Å². The lowest BCUT2D eigenvalue weighted by atomic mass is 9.97. The fourth-order valence-electron chi connectivity index (χ4n) is 5.57. The quantitative estimate of drug-likeness (QED) is 0.488. The van der Waals surface area contributed by atoms with Crippen molar-refractivity contribution >= 4 is 28.3 Å². The van der Waals surface area contributed by atoms with E-state index in [1.165, 1.54) is 0 Å². The largest absolute Gasteiger partial charge is 0.355 e. The van der Waals surface area contributed by atoms with E-state index in [0.29, 0.717) is 18.7 Å². The number of aromatic amines is 1. The third-order valence-corrected chi connectivity index (χ3v) is 7.32. The number of fused-ring (bicyclic) bond motifs is 2. The monoisotopic (exact) mass is 468 g/mol. The van der Waals surface area contributed by atoms with Crippen LogP contribution in [0.15, 0.2) is 30.6 Å². The lowest BCUT2D eigenvalue weighted by Crippen LogP contribution is -2.38. The number of benzene rings is 1. The van der Waals surface area contributed by atoms with Crippen LogP contribution in [0, 0.1) is 31.1 Å². The fourth-order valence-corrected chi connectivity index (χ4v) is 5.57. The number of anilines is 1. The number of nitrogens with zero attached hydrogens (tertiary/aromatic N) is 7. The summed E-state index contributed by atoms with van der Waals surface area (Å²) in [6.07, 6.45) is 7.54. The molecule has 2 aliphatic rings. The highest BCUT2D eigenvalue weighted by Crippen LogP contribution is 2.34. The second kappa shape index (κ2) is 8.38. The van der Waals surface area contributed by atoms with Crippen LogP contribution in [0.5, 0.6) is 0 Å². The molecule has 2 saturated heterocycles. The van der Waals surface area contributed by atoms with Crippen molar-refractivity contribution in [3.05, 3.63) is 53.0 Å². The number of nitriles is 1. The number of amides is 1. The van der Waals surface area contributed by atoms with Crippen LogP contribution in [0.4, 0.5) is 5.82 Å². The first-order chi connectivity index (χ1) is 17.0. The van der Waals surface area contributed by atoms with Crippen molar-refractivity contribution in [1.82, 2.24) is 29.7 Å². The first-order valence-corrected chi connectivity index (χ1v) is 12.3. The average Bonchev–Trinajstić information content (AvgIpc) is 3.61. The van der Waals surface area contributed by atoms with E-state index in [4.69, 9.17) is 10.1 Å². The van der Waals surface area contributed by atoms with Crippen LogP contribution < -0.4 is 4.90 Å². The minimum atomic E-state index is -0.102. The number of likely N-dealkylation sites (tertiary alicyclic amines) is 1. The van der Waals surface area contributed by atoms with Crippen LogP contribution in [0.25, 0.3) is 16.6 Å². The van der Waals surface area contributed by atoms with Gasteiger partial charge in [0.25, 0.3) is 5.91 Å². The molecule has 0 bridgehead atoms. The van der Waals surface area contributed by atoms with Gasteiger partial charge in [-0.25, -0.2) is 9.50 Å². The van der Waals surface area contributed by atoms with Gasteiger partial charge in [-0.3, -0.25) is 9.89 Å². The minimum absolute atomic E-state index is 0.00847. The summed E-state index contributed by atoms with van der Waals surface area (Å²) in [4.78, 5) is 22.9. The van der Waals surface area contributed by atoms with Gasteiger partial charge >= 0.3 is 0 Å². The zero-order chi connectivity index (χ0) is 24.1. The van der Waals surface area contributed by atoms with Crippen LogP contribution in [-0.2, 0) is 0 Å². The second-order valence-electron chi connectivity index (χ2n) is 9.84. The Kier molecular flexibility index (Phi) is 5.17. The van der Waals surface area contributed by atoms with Crippen molar-refractivity contribution in [2.75, 3.05) is 24.5 Å². The van der Waals surface area contributed by atoms with Crippen LogP contribution >= 0.6 is 0 Å². The molecular formula is C26H28N8O. The zero-order valence-electron chi connectivity index (χ0n) is 20.0. The highest BCUT2D eigenvalue weighted by molar-refractivity contribution is 6.05. The molecule has 178 valence electrons. The molecule has 2 aliphatic heterocycles. The number of carbonyl (C=O) groups is 1. The number of piperidine rings is 1. The minimum Gasteiger partial charge on any atom is -0.355 e. The maximum absolute atomic E-state index is 13.8. The Morgan fingerprint density at radius 3 is 2.89 bits per heavy atom. The van der Waals surface area contributed by atoms with Gasteiger partial charge in [-0.1, -0.05) is 0 Å². The number of carbonyl (C=O) groups excluding carboxylic acids is 1. The van der Waals surface area contributed by atoms with Gasteiger partial charge in [0.1, 0.15) is 5.82 Å². The van der Waals surface area contributed by atoms with Crippen molar-refractivity contribution in [3.8, 4) is 6.07 Å². The maximum atomic E-state index is 13.8. The molecule has 1 aromatic carbocycles. The predicted octanol–water partition coefficient (Wildman–Crippen LogP) is 3.94. The van der Waals surface area contributed by atoms with Crippen molar-refractivity contribution in [3.63, 3.8) is 0 Å². The molecule has 0 spiro atoms. The average molecular weight is 469 g/mol. The van der Waals surface area contributed by atoms with Crippen molar-refractivity contribution in [2.45, 2.75) is 45.6 Å². The molecule has 2 unspecified atom stereocenters. The summed E-state index contributed by atoms with van der Waals surface area (Å²) < 4.78 is 1.82. The number of H-pyrrole nitrogens is 1. The van der Waals surface area contributed by atoms with Gasteiger partial charge in [0, 0.05) is 42.8 Å². The molecule has 5 heterocycles. The summed E-state index contributed by atoms with van der Waals surface area (Å²) in [6.45, 7) is 6.29. The SMILES string of the molecule is Cc1cc(C(=O)N2CCCCC2c2cc3nc(N4CCC(C#N)C4)c(C)cn3n2)c2[nH]ncc2c1. The zero-order valence-corrected chi connectivity index (χ0v) is 20.0. The van der Waals surface area contributed by atoms with Gasteiger partial charge in [0.15, 0.2) is 5.65 Å². The number of hydrogen-bond acceptors (Lipinski definition) is 6. The van der Waals surface area contributed by atoms with E-state index in [0.717, 1.165) is 71.4 Å². The highest BCUT2D eigenvalue weighted by atomic mass is 16.2. The lowest BCUT2D eigenvalue weighted by molar-refractivity contribution is 0.0607. The molecule has 3 aromatic heterocycles. The Hall–Kier alpha value is -3.93. The Morgan fingerprint density at radius 1 is 1.17 bits per heavy atom. The number of aromatic nitrogens is 5. The molecule has 0 saturated carbocycles. The van der Waals surface area contributed by atoms with E-state index < -0.39 is 0 Å². The van der Waals surface area contributed by atoms with Gasteiger partial charge in [0.2, 0.25) is 0 Å². The Morgan fingerprint density at radius 2 is 2.06 bits per heavy atom. The second-order valence-corrected chi connectivity index (χ2v) is 9.84. The first kappa shape index (κ1) is 21.6. The van der Waals surface area contributed by atoms with Gasteiger partial charge in [-0.05, 0) is 57.2 Å². The summed E-state index contributed by atoms with van der Waals surface area (Å²) >= 11 is 0. The molecule has 35 heavy (non-hydrogen) atoms. The molecule has 2 fully saturated rings. The summed E-state index contributed by atoms with van der Waals surface area (Å²) in [5, 5.41) is 22.3. The lowest BCUT2D eigenvalue weighted by Gasteiger charge is -2.35. The molecule has 2 atom stereocenters. The normalized spacial score (nSPS) is 20.6. The van der Waals surface area contributed by atoms with Gasteiger partial charge < -0.3 is 9.80 Å². The number of aryl methyl sites for hydroxylation is 2. The molecule has 9 heteroatoms. The highest BCUT2D eigenvalue weighted by Gasteiger charge is 2.32.